The molecule has 4 nitrogen and oxygen atoms in total. The van der Waals surface area contributed by atoms with E-state index in [9.17, 15) is 9.59 Å². The molecule has 4 heteroatoms. The van der Waals surface area contributed by atoms with Gasteiger partial charge in [0.05, 0.1) is 0 Å². The Hall–Kier alpha value is -1.06. The first kappa shape index (κ1) is 9.94. The van der Waals surface area contributed by atoms with Gasteiger partial charge in [0.15, 0.2) is 0 Å². The van der Waals surface area contributed by atoms with E-state index in [-0.39, 0.29) is 5.91 Å². The van der Waals surface area contributed by atoms with E-state index in [2.05, 4.69) is 10.6 Å². The Bertz CT molecular complexity index is 126. The fourth-order valence-corrected chi connectivity index (χ4v) is 0.674. The molecular formula is C7H13N2O2. The van der Waals surface area contributed by atoms with E-state index >= 15 is 0 Å². The first-order valence-electron chi connectivity index (χ1n) is 3.68. The predicted molar refractivity (Wildman–Crippen MR) is 41.6 cm³/mol. The molecule has 0 heterocycles. The Morgan fingerprint density at radius 1 is 1.55 bits per heavy atom. The molecule has 0 saturated carbocycles. The highest BCUT2D eigenvalue weighted by Gasteiger charge is 1.96. The summed E-state index contributed by atoms with van der Waals surface area (Å²) >= 11 is 0. The smallest absolute Gasteiger partial charge is 0.309 e. The lowest BCUT2D eigenvalue weighted by Crippen LogP contribution is -2.23. The molecule has 2 amide bonds. The third-order valence-electron chi connectivity index (χ3n) is 1.15. The summed E-state index contributed by atoms with van der Waals surface area (Å²) in [6.07, 6.45) is 2.67. The quantitative estimate of drug-likeness (QED) is 0.405. The van der Waals surface area contributed by atoms with Crippen LogP contribution in [-0.4, -0.2) is 25.4 Å². The van der Waals surface area contributed by atoms with Gasteiger partial charge >= 0.3 is 6.41 Å². The highest BCUT2D eigenvalue weighted by Crippen LogP contribution is 1.85. The van der Waals surface area contributed by atoms with Crippen LogP contribution in [0, 0.1) is 0 Å². The number of carbonyl (C=O) groups is 1. The van der Waals surface area contributed by atoms with Crippen LogP contribution >= 0.6 is 0 Å². The molecule has 0 saturated heterocycles. The molecule has 0 unspecified atom stereocenters. The minimum Gasteiger partial charge on any atom is -0.356 e. The minimum atomic E-state index is 0.0280. The molecule has 0 aromatic heterocycles. The lowest BCUT2D eigenvalue weighted by Gasteiger charge is -2.00. The average molecular weight is 157 g/mol. The van der Waals surface area contributed by atoms with Crippen molar-refractivity contribution in [3.8, 4) is 0 Å². The topological polar surface area (TPSA) is 58.2 Å². The lowest BCUT2D eigenvalue weighted by atomic mass is 10.3. The second kappa shape index (κ2) is 7.05. The molecule has 0 fully saturated rings. The van der Waals surface area contributed by atoms with Gasteiger partial charge < -0.3 is 10.6 Å². The van der Waals surface area contributed by atoms with E-state index in [0.29, 0.717) is 25.9 Å². The molecule has 0 aromatic carbocycles. The summed E-state index contributed by atoms with van der Waals surface area (Å²) in [6.45, 7) is 3.04. The molecule has 1 radical (unpaired) electrons. The van der Waals surface area contributed by atoms with E-state index in [1.807, 2.05) is 6.92 Å². The van der Waals surface area contributed by atoms with Gasteiger partial charge in [0, 0.05) is 19.5 Å². The number of carbonyl (C=O) groups excluding carboxylic acids is 2. The third-order valence-corrected chi connectivity index (χ3v) is 1.15. The molecule has 0 atom stereocenters. The summed E-state index contributed by atoms with van der Waals surface area (Å²) in [5, 5.41) is 5.02. The fraction of sp³-hybridized carbons (Fsp3) is 0.714. The van der Waals surface area contributed by atoms with Crippen molar-refractivity contribution < 1.29 is 9.59 Å². The monoisotopic (exact) mass is 157 g/mol. The number of hydrogen-bond acceptors (Lipinski definition) is 2. The van der Waals surface area contributed by atoms with Crippen LogP contribution in [0.2, 0.25) is 0 Å². The van der Waals surface area contributed by atoms with Gasteiger partial charge in [-0.25, -0.2) is 0 Å². The Morgan fingerprint density at radius 3 is 2.82 bits per heavy atom. The molecule has 63 valence electrons. The van der Waals surface area contributed by atoms with Crippen molar-refractivity contribution in [3.63, 3.8) is 0 Å². The van der Waals surface area contributed by atoms with Crippen LogP contribution in [0.4, 0.5) is 0 Å². The fourth-order valence-electron chi connectivity index (χ4n) is 0.674. The van der Waals surface area contributed by atoms with Gasteiger partial charge in [-0.15, -0.1) is 0 Å². The van der Waals surface area contributed by atoms with Crippen molar-refractivity contribution in [1.82, 2.24) is 10.6 Å². The number of hydrogen-bond donors (Lipinski definition) is 2. The van der Waals surface area contributed by atoms with E-state index in [1.165, 1.54) is 0 Å². The van der Waals surface area contributed by atoms with Crippen molar-refractivity contribution in [2.45, 2.75) is 19.8 Å². The number of rotatable bonds is 6. The zero-order valence-corrected chi connectivity index (χ0v) is 6.64. The van der Waals surface area contributed by atoms with E-state index in [1.54, 1.807) is 6.41 Å². The second-order valence-electron chi connectivity index (χ2n) is 2.09. The van der Waals surface area contributed by atoms with Crippen LogP contribution in [0.15, 0.2) is 0 Å². The third kappa shape index (κ3) is 6.83. The van der Waals surface area contributed by atoms with E-state index in [0.717, 1.165) is 0 Å². The van der Waals surface area contributed by atoms with Gasteiger partial charge in [-0.3, -0.25) is 9.59 Å². The van der Waals surface area contributed by atoms with Crippen LogP contribution in [0.25, 0.3) is 0 Å². The Labute approximate surface area is 66.4 Å². The Kier molecular flexibility index (Phi) is 6.37. The molecule has 0 rings (SSSR count). The first-order chi connectivity index (χ1) is 5.31. The summed E-state index contributed by atoms with van der Waals surface area (Å²) in [5.41, 5.74) is 0. The van der Waals surface area contributed by atoms with Gasteiger partial charge in [0.1, 0.15) is 0 Å². The standard InChI is InChI=1S/C7H13N2O2/c1-2-9-7(11)4-3-5-8-6-10/h2-5H2,1H3,(H,8,10)(H,9,11). The summed E-state index contributed by atoms with van der Waals surface area (Å²) < 4.78 is 0. The number of amides is 2. The molecular weight excluding hydrogens is 144 g/mol. The van der Waals surface area contributed by atoms with Crippen LogP contribution in [0.3, 0.4) is 0 Å². The van der Waals surface area contributed by atoms with Gasteiger partial charge in [0.25, 0.3) is 0 Å². The predicted octanol–water partition coefficient (Wildman–Crippen LogP) is -0.440. The maximum absolute atomic E-state index is 10.8. The van der Waals surface area contributed by atoms with E-state index < -0.39 is 0 Å². The molecule has 0 spiro atoms. The summed E-state index contributed by atoms with van der Waals surface area (Å²) in [6, 6.07) is 0. The summed E-state index contributed by atoms with van der Waals surface area (Å²) in [7, 11) is 0. The summed E-state index contributed by atoms with van der Waals surface area (Å²) in [4.78, 5) is 20.4. The van der Waals surface area contributed by atoms with Gasteiger partial charge in [-0.2, -0.15) is 0 Å². The van der Waals surface area contributed by atoms with E-state index in [4.69, 9.17) is 0 Å². The minimum absolute atomic E-state index is 0.0280. The Balaban J connectivity index is 3.10. The molecule has 11 heavy (non-hydrogen) atoms. The molecule has 0 aliphatic rings. The number of nitrogens with one attached hydrogen (secondary N) is 2. The molecule has 0 aliphatic heterocycles. The SMILES string of the molecule is CCNC(=O)CCCN[C]=O. The largest absolute Gasteiger partial charge is 0.356 e. The zero-order valence-electron chi connectivity index (χ0n) is 6.64. The van der Waals surface area contributed by atoms with Crippen LogP contribution in [0.1, 0.15) is 19.8 Å². The van der Waals surface area contributed by atoms with Crippen LogP contribution < -0.4 is 10.6 Å². The van der Waals surface area contributed by atoms with Gasteiger partial charge in [-0.1, -0.05) is 0 Å². The van der Waals surface area contributed by atoms with Crippen LogP contribution in [-0.2, 0) is 9.59 Å². The molecule has 0 bridgehead atoms. The highest BCUT2D eigenvalue weighted by atomic mass is 16.1. The van der Waals surface area contributed by atoms with Crippen molar-refractivity contribution in [2.75, 3.05) is 13.1 Å². The van der Waals surface area contributed by atoms with Crippen molar-refractivity contribution in [2.24, 2.45) is 0 Å². The van der Waals surface area contributed by atoms with Crippen LogP contribution in [0.5, 0.6) is 0 Å². The summed E-state index contributed by atoms with van der Waals surface area (Å²) in [5.74, 6) is 0.0280. The molecule has 0 aromatic rings. The first-order valence-corrected chi connectivity index (χ1v) is 3.68. The average Bonchev–Trinajstić information content (AvgIpc) is 1.99. The molecule has 0 aliphatic carbocycles. The molecule has 2 N–H and O–H groups in total. The van der Waals surface area contributed by atoms with Crippen molar-refractivity contribution >= 4 is 12.3 Å². The van der Waals surface area contributed by atoms with Crippen molar-refractivity contribution in [1.29, 1.82) is 0 Å². The van der Waals surface area contributed by atoms with Gasteiger partial charge in [-0.05, 0) is 13.3 Å². The maximum Gasteiger partial charge on any atom is 0.309 e. The second-order valence-corrected chi connectivity index (χ2v) is 2.09. The van der Waals surface area contributed by atoms with Gasteiger partial charge in [0.2, 0.25) is 5.91 Å². The van der Waals surface area contributed by atoms with Crippen molar-refractivity contribution in [3.05, 3.63) is 0 Å². The maximum atomic E-state index is 10.8. The highest BCUT2D eigenvalue weighted by molar-refractivity contribution is 5.75. The lowest BCUT2D eigenvalue weighted by molar-refractivity contribution is -0.121. The Morgan fingerprint density at radius 2 is 2.27 bits per heavy atom. The zero-order chi connectivity index (χ0) is 8.53. The normalized spacial score (nSPS) is 8.82.